The fourth-order valence-electron chi connectivity index (χ4n) is 5.72. The first-order valence-corrected chi connectivity index (χ1v) is 8.08. The molecule has 2 N–H and O–H groups in total. The number of rotatable bonds is 3. The first kappa shape index (κ1) is 12.7. The molecular weight excluding hydrogens is 246 g/mol. The van der Waals surface area contributed by atoms with Crippen LogP contribution in [0.4, 0.5) is 0 Å². The largest absolute Gasteiger partial charge is 0.497 e. The van der Waals surface area contributed by atoms with Gasteiger partial charge in [0.25, 0.3) is 0 Å². The van der Waals surface area contributed by atoms with Gasteiger partial charge >= 0.3 is 0 Å². The second kappa shape index (κ2) is 4.49. The van der Waals surface area contributed by atoms with Crippen molar-refractivity contribution >= 4 is 0 Å². The van der Waals surface area contributed by atoms with Crippen molar-refractivity contribution in [1.29, 1.82) is 0 Å². The smallest absolute Gasteiger partial charge is 0.118 e. The molecule has 5 rings (SSSR count). The second-order valence-electron chi connectivity index (χ2n) is 7.53. The molecule has 1 aromatic carbocycles. The SMILES string of the molecule is COc1ccc(C(N)C23CC4CC(CC(C4)C2)C3)cc1. The molecule has 4 fully saturated rings. The van der Waals surface area contributed by atoms with Crippen LogP contribution in [-0.2, 0) is 0 Å². The lowest BCUT2D eigenvalue weighted by molar-refractivity contribution is -0.0677. The van der Waals surface area contributed by atoms with Crippen LogP contribution in [-0.4, -0.2) is 7.11 Å². The molecule has 0 amide bonds. The first-order valence-electron chi connectivity index (χ1n) is 8.08. The van der Waals surface area contributed by atoms with Crippen LogP contribution >= 0.6 is 0 Å². The third-order valence-corrected chi connectivity index (χ3v) is 6.22. The van der Waals surface area contributed by atoms with Gasteiger partial charge in [0.2, 0.25) is 0 Å². The predicted molar refractivity (Wildman–Crippen MR) is 80.5 cm³/mol. The number of hydrogen-bond acceptors (Lipinski definition) is 2. The molecule has 0 saturated heterocycles. The molecule has 4 bridgehead atoms. The van der Waals surface area contributed by atoms with Crippen LogP contribution < -0.4 is 10.5 Å². The minimum Gasteiger partial charge on any atom is -0.497 e. The van der Waals surface area contributed by atoms with Gasteiger partial charge in [0.05, 0.1) is 7.11 Å². The summed E-state index contributed by atoms with van der Waals surface area (Å²) in [6.45, 7) is 0. The molecule has 0 radical (unpaired) electrons. The van der Waals surface area contributed by atoms with Crippen molar-refractivity contribution in [1.82, 2.24) is 0 Å². The quantitative estimate of drug-likeness (QED) is 0.904. The maximum Gasteiger partial charge on any atom is 0.118 e. The van der Waals surface area contributed by atoms with E-state index in [2.05, 4.69) is 24.3 Å². The Balaban J connectivity index is 1.62. The van der Waals surface area contributed by atoms with Crippen molar-refractivity contribution in [2.75, 3.05) is 7.11 Å². The summed E-state index contributed by atoms with van der Waals surface area (Å²) in [5.41, 5.74) is 8.44. The van der Waals surface area contributed by atoms with E-state index in [1.54, 1.807) is 7.11 Å². The van der Waals surface area contributed by atoms with Gasteiger partial charge in [-0.25, -0.2) is 0 Å². The highest BCUT2D eigenvalue weighted by Gasteiger charge is 2.53. The van der Waals surface area contributed by atoms with Crippen molar-refractivity contribution in [2.45, 2.75) is 44.6 Å². The van der Waals surface area contributed by atoms with Crippen LogP contribution in [0.15, 0.2) is 24.3 Å². The Morgan fingerprint density at radius 3 is 1.95 bits per heavy atom. The summed E-state index contributed by atoms with van der Waals surface area (Å²) in [6, 6.07) is 8.65. The molecule has 20 heavy (non-hydrogen) atoms. The fourth-order valence-corrected chi connectivity index (χ4v) is 5.72. The van der Waals surface area contributed by atoms with E-state index in [-0.39, 0.29) is 6.04 Å². The maximum absolute atomic E-state index is 6.74. The van der Waals surface area contributed by atoms with E-state index in [1.807, 2.05) is 0 Å². The highest BCUT2D eigenvalue weighted by atomic mass is 16.5. The van der Waals surface area contributed by atoms with Gasteiger partial charge < -0.3 is 10.5 Å². The Labute approximate surface area is 121 Å². The lowest BCUT2D eigenvalue weighted by Gasteiger charge is -2.59. The molecule has 4 saturated carbocycles. The van der Waals surface area contributed by atoms with Crippen LogP contribution in [0, 0.1) is 23.2 Å². The number of hydrogen-bond donors (Lipinski definition) is 1. The van der Waals surface area contributed by atoms with Crippen molar-refractivity contribution in [2.24, 2.45) is 28.9 Å². The van der Waals surface area contributed by atoms with Gasteiger partial charge in [-0.15, -0.1) is 0 Å². The van der Waals surface area contributed by atoms with E-state index >= 15 is 0 Å². The molecule has 0 aromatic heterocycles. The number of methoxy groups -OCH3 is 1. The van der Waals surface area contributed by atoms with Gasteiger partial charge in [-0.2, -0.15) is 0 Å². The molecule has 2 heteroatoms. The summed E-state index contributed by atoms with van der Waals surface area (Å²) in [5.74, 6) is 3.81. The summed E-state index contributed by atoms with van der Waals surface area (Å²) in [6.07, 6.45) is 8.54. The summed E-state index contributed by atoms with van der Waals surface area (Å²) >= 11 is 0. The highest BCUT2D eigenvalue weighted by molar-refractivity contribution is 5.30. The summed E-state index contributed by atoms with van der Waals surface area (Å²) in [5, 5.41) is 0. The van der Waals surface area contributed by atoms with E-state index in [4.69, 9.17) is 10.5 Å². The standard InChI is InChI=1S/C18H25NO/c1-20-16-4-2-15(3-5-16)17(19)18-9-12-6-13(10-18)8-14(7-12)11-18/h2-5,12-14,17H,6-11,19H2,1H3. The van der Waals surface area contributed by atoms with Crippen LogP contribution in [0.2, 0.25) is 0 Å². The molecule has 0 aliphatic heterocycles. The van der Waals surface area contributed by atoms with Gasteiger partial charge in [-0.05, 0) is 79.4 Å². The molecule has 108 valence electrons. The third kappa shape index (κ3) is 1.88. The minimum atomic E-state index is 0.210. The molecule has 0 heterocycles. The van der Waals surface area contributed by atoms with E-state index in [0.29, 0.717) is 5.41 Å². The Morgan fingerprint density at radius 2 is 1.50 bits per heavy atom. The number of nitrogens with two attached hydrogens (primary N) is 1. The first-order chi connectivity index (χ1) is 9.68. The van der Waals surface area contributed by atoms with Crippen LogP contribution in [0.5, 0.6) is 5.75 Å². The summed E-state index contributed by atoms with van der Waals surface area (Å²) in [7, 11) is 1.72. The van der Waals surface area contributed by atoms with Crippen molar-refractivity contribution in [3.8, 4) is 5.75 Å². The molecule has 4 aliphatic rings. The van der Waals surface area contributed by atoms with Crippen LogP contribution in [0.3, 0.4) is 0 Å². The number of benzene rings is 1. The van der Waals surface area contributed by atoms with Gasteiger partial charge in [-0.3, -0.25) is 0 Å². The van der Waals surface area contributed by atoms with Crippen LogP contribution in [0.1, 0.15) is 50.1 Å². The zero-order valence-corrected chi connectivity index (χ0v) is 12.3. The van der Waals surface area contributed by atoms with Gasteiger partial charge in [0, 0.05) is 6.04 Å². The van der Waals surface area contributed by atoms with Crippen molar-refractivity contribution in [3.63, 3.8) is 0 Å². The van der Waals surface area contributed by atoms with Crippen LogP contribution in [0.25, 0.3) is 0 Å². The minimum absolute atomic E-state index is 0.210. The van der Waals surface area contributed by atoms with E-state index in [1.165, 1.54) is 44.1 Å². The highest BCUT2D eigenvalue weighted by Crippen LogP contribution is 2.63. The lowest BCUT2D eigenvalue weighted by atomic mass is 9.47. The van der Waals surface area contributed by atoms with E-state index in [0.717, 1.165) is 23.5 Å². The molecule has 1 unspecified atom stereocenters. The Morgan fingerprint density at radius 1 is 1.00 bits per heavy atom. The zero-order valence-electron chi connectivity index (χ0n) is 12.3. The third-order valence-electron chi connectivity index (χ3n) is 6.22. The molecular formula is C18H25NO. The lowest BCUT2D eigenvalue weighted by Crippen LogP contribution is -2.50. The van der Waals surface area contributed by atoms with Gasteiger partial charge in [0.1, 0.15) is 5.75 Å². The molecule has 0 spiro atoms. The Hall–Kier alpha value is -1.02. The topological polar surface area (TPSA) is 35.2 Å². The van der Waals surface area contributed by atoms with Crippen molar-refractivity contribution in [3.05, 3.63) is 29.8 Å². The summed E-state index contributed by atoms with van der Waals surface area (Å²) in [4.78, 5) is 0. The van der Waals surface area contributed by atoms with Gasteiger partial charge in [0.15, 0.2) is 0 Å². The molecule has 4 aliphatic carbocycles. The molecule has 2 nitrogen and oxygen atoms in total. The maximum atomic E-state index is 6.74. The Kier molecular flexibility index (Phi) is 2.85. The number of ether oxygens (including phenoxy) is 1. The summed E-state index contributed by atoms with van der Waals surface area (Å²) < 4.78 is 5.26. The second-order valence-corrected chi connectivity index (χ2v) is 7.53. The monoisotopic (exact) mass is 271 g/mol. The van der Waals surface area contributed by atoms with Gasteiger partial charge in [-0.1, -0.05) is 12.1 Å². The van der Waals surface area contributed by atoms with Crippen molar-refractivity contribution < 1.29 is 4.74 Å². The fraction of sp³-hybridized carbons (Fsp3) is 0.667. The average molecular weight is 271 g/mol. The van der Waals surface area contributed by atoms with E-state index < -0.39 is 0 Å². The average Bonchev–Trinajstić information content (AvgIpc) is 2.45. The molecule has 1 aromatic rings. The predicted octanol–water partition coefficient (Wildman–Crippen LogP) is 3.91. The Bertz CT molecular complexity index is 457. The normalized spacial score (nSPS) is 39.8. The zero-order chi connectivity index (χ0) is 13.7. The molecule has 1 atom stereocenters. The van der Waals surface area contributed by atoms with E-state index in [9.17, 15) is 0 Å².